The van der Waals surface area contributed by atoms with E-state index in [0.717, 1.165) is 12.8 Å². The van der Waals surface area contributed by atoms with E-state index in [1.54, 1.807) is 0 Å². The molecule has 0 bridgehead atoms. The fraction of sp³-hybridized carbons (Fsp3) is 1.00. The van der Waals surface area contributed by atoms with Gasteiger partial charge in [-0.2, -0.15) is 0 Å². The highest BCUT2D eigenvalue weighted by Gasteiger charge is 2.43. The van der Waals surface area contributed by atoms with Gasteiger partial charge in [0.25, 0.3) is 0 Å². The predicted octanol–water partition coefficient (Wildman–Crippen LogP) is 3.44. The highest BCUT2D eigenvalue weighted by molar-refractivity contribution is 4.89. The minimum atomic E-state index is -4.71. The average Bonchev–Trinajstić information content (AvgIpc) is 2.89. The van der Waals surface area contributed by atoms with Crippen molar-refractivity contribution >= 4 is 0 Å². The van der Waals surface area contributed by atoms with Crippen molar-refractivity contribution in [3.8, 4) is 0 Å². The smallest absolute Gasteiger partial charge is 0.286 e. The SMILES string of the molecule is FC1CC(C2CC2)CCC1OC(F)(F)F. The van der Waals surface area contributed by atoms with Crippen LogP contribution in [0.25, 0.3) is 0 Å². The van der Waals surface area contributed by atoms with E-state index in [0.29, 0.717) is 12.3 Å². The zero-order chi connectivity index (χ0) is 11.1. The van der Waals surface area contributed by atoms with Crippen LogP contribution in [0, 0.1) is 11.8 Å². The summed E-state index contributed by atoms with van der Waals surface area (Å²) in [7, 11) is 0. The number of hydrogen-bond acceptors (Lipinski definition) is 1. The Balaban J connectivity index is 1.83. The van der Waals surface area contributed by atoms with Crippen molar-refractivity contribution < 1.29 is 22.3 Å². The second kappa shape index (κ2) is 3.92. The van der Waals surface area contributed by atoms with E-state index >= 15 is 0 Å². The van der Waals surface area contributed by atoms with Gasteiger partial charge < -0.3 is 0 Å². The zero-order valence-electron chi connectivity index (χ0n) is 8.27. The topological polar surface area (TPSA) is 9.23 Å². The summed E-state index contributed by atoms with van der Waals surface area (Å²) in [6.07, 6.45) is -4.10. The third kappa shape index (κ3) is 3.06. The largest absolute Gasteiger partial charge is 0.522 e. The molecular weight excluding hydrogens is 212 g/mol. The summed E-state index contributed by atoms with van der Waals surface area (Å²) in [5.74, 6) is 0.850. The van der Waals surface area contributed by atoms with Crippen LogP contribution in [0.3, 0.4) is 0 Å². The highest BCUT2D eigenvalue weighted by Crippen LogP contribution is 2.45. The maximum Gasteiger partial charge on any atom is 0.522 e. The molecule has 3 atom stereocenters. The third-order valence-corrected chi connectivity index (χ3v) is 3.33. The maximum absolute atomic E-state index is 13.4. The van der Waals surface area contributed by atoms with E-state index in [4.69, 9.17) is 0 Å². The average molecular weight is 226 g/mol. The monoisotopic (exact) mass is 226 g/mol. The molecule has 0 aromatic carbocycles. The van der Waals surface area contributed by atoms with Gasteiger partial charge in [0.05, 0.1) is 6.10 Å². The van der Waals surface area contributed by atoms with Crippen LogP contribution in [-0.2, 0) is 4.74 Å². The Labute approximate surface area is 85.8 Å². The van der Waals surface area contributed by atoms with E-state index in [1.807, 2.05) is 0 Å². The lowest BCUT2D eigenvalue weighted by atomic mass is 9.83. The van der Waals surface area contributed by atoms with E-state index in [-0.39, 0.29) is 18.8 Å². The van der Waals surface area contributed by atoms with Crippen LogP contribution in [0.2, 0.25) is 0 Å². The normalized spacial score (nSPS) is 38.0. The molecule has 0 radical (unpaired) electrons. The molecular formula is C10H14F4O. The molecule has 0 aromatic heterocycles. The van der Waals surface area contributed by atoms with Crippen molar-refractivity contribution in [2.24, 2.45) is 11.8 Å². The van der Waals surface area contributed by atoms with Gasteiger partial charge in [-0.25, -0.2) is 4.39 Å². The Bertz CT molecular complexity index is 224. The molecule has 0 heterocycles. The fourth-order valence-corrected chi connectivity index (χ4v) is 2.42. The van der Waals surface area contributed by atoms with Crippen LogP contribution in [0.1, 0.15) is 32.1 Å². The molecule has 0 aromatic rings. The van der Waals surface area contributed by atoms with Gasteiger partial charge in [0.1, 0.15) is 6.17 Å². The molecule has 0 amide bonds. The van der Waals surface area contributed by atoms with Crippen molar-refractivity contribution in [3.05, 3.63) is 0 Å². The lowest BCUT2D eigenvalue weighted by Gasteiger charge is -2.31. The second-order valence-corrected chi connectivity index (χ2v) is 4.53. The number of hydrogen-bond donors (Lipinski definition) is 0. The Morgan fingerprint density at radius 1 is 0.933 bits per heavy atom. The summed E-state index contributed by atoms with van der Waals surface area (Å²) < 4.78 is 52.8. The van der Waals surface area contributed by atoms with Crippen molar-refractivity contribution in [2.75, 3.05) is 0 Å². The first-order valence-electron chi connectivity index (χ1n) is 5.34. The van der Waals surface area contributed by atoms with Gasteiger partial charge in [-0.05, 0) is 43.9 Å². The Morgan fingerprint density at radius 3 is 2.00 bits per heavy atom. The van der Waals surface area contributed by atoms with Gasteiger partial charge in [-0.3, -0.25) is 4.74 Å². The molecule has 5 heteroatoms. The minimum absolute atomic E-state index is 0.196. The number of ether oxygens (including phenoxy) is 1. The first-order chi connectivity index (χ1) is 6.96. The molecule has 2 rings (SSSR count). The minimum Gasteiger partial charge on any atom is -0.286 e. The summed E-state index contributed by atoms with van der Waals surface area (Å²) in [6.45, 7) is 0. The van der Waals surface area contributed by atoms with E-state index in [2.05, 4.69) is 4.74 Å². The molecule has 15 heavy (non-hydrogen) atoms. The van der Waals surface area contributed by atoms with Crippen LogP contribution in [0.15, 0.2) is 0 Å². The van der Waals surface area contributed by atoms with Gasteiger partial charge in [-0.1, -0.05) is 0 Å². The van der Waals surface area contributed by atoms with Gasteiger partial charge in [0.2, 0.25) is 0 Å². The van der Waals surface area contributed by atoms with Crippen molar-refractivity contribution in [1.29, 1.82) is 0 Å². The fourth-order valence-electron chi connectivity index (χ4n) is 2.42. The first-order valence-corrected chi connectivity index (χ1v) is 5.34. The highest BCUT2D eigenvalue weighted by atomic mass is 19.4. The standard InChI is InChI=1S/C10H14F4O/c11-8-5-7(6-1-2-6)3-4-9(8)15-10(12,13)14/h6-9H,1-5H2. The Hall–Kier alpha value is -0.320. The van der Waals surface area contributed by atoms with Crippen LogP contribution in [0.4, 0.5) is 17.6 Å². The summed E-state index contributed by atoms with van der Waals surface area (Å²) in [6, 6.07) is 0. The quantitative estimate of drug-likeness (QED) is 0.655. The van der Waals surface area contributed by atoms with Gasteiger partial charge >= 0.3 is 6.36 Å². The number of alkyl halides is 4. The first kappa shape index (κ1) is 11.2. The molecule has 0 spiro atoms. The molecule has 0 N–H and O–H groups in total. The molecule has 1 nitrogen and oxygen atoms in total. The lowest BCUT2D eigenvalue weighted by Crippen LogP contribution is -2.37. The van der Waals surface area contributed by atoms with E-state index in [9.17, 15) is 17.6 Å². The molecule has 88 valence electrons. The van der Waals surface area contributed by atoms with Crippen LogP contribution in [0.5, 0.6) is 0 Å². The molecule has 0 saturated heterocycles. The molecule has 3 unspecified atom stereocenters. The molecule has 0 aliphatic heterocycles. The third-order valence-electron chi connectivity index (χ3n) is 3.33. The molecule has 2 aliphatic rings. The van der Waals surface area contributed by atoms with E-state index < -0.39 is 18.6 Å². The predicted molar refractivity (Wildman–Crippen MR) is 45.9 cm³/mol. The molecule has 2 saturated carbocycles. The van der Waals surface area contributed by atoms with Gasteiger partial charge in [0.15, 0.2) is 0 Å². The van der Waals surface area contributed by atoms with Crippen LogP contribution in [-0.4, -0.2) is 18.6 Å². The van der Waals surface area contributed by atoms with Crippen LogP contribution >= 0.6 is 0 Å². The van der Waals surface area contributed by atoms with Crippen molar-refractivity contribution in [1.82, 2.24) is 0 Å². The van der Waals surface area contributed by atoms with Crippen molar-refractivity contribution in [2.45, 2.75) is 50.7 Å². The molecule has 2 fully saturated rings. The summed E-state index contributed by atoms with van der Waals surface area (Å²) in [5, 5.41) is 0. The lowest BCUT2D eigenvalue weighted by molar-refractivity contribution is -0.351. The number of halogens is 4. The summed E-state index contributed by atoms with van der Waals surface area (Å²) >= 11 is 0. The molecule has 2 aliphatic carbocycles. The summed E-state index contributed by atoms with van der Waals surface area (Å²) in [5.41, 5.74) is 0. The Kier molecular flexibility index (Phi) is 2.92. The summed E-state index contributed by atoms with van der Waals surface area (Å²) in [4.78, 5) is 0. The van der Waals surface area contributed by atoms with Crippen LogP contribution < -0.4 is 0 Å². The van der Waals surface area contributed by atoms with Gasteiger partial charge in [0, 0.05) is 0 Å². The van der Waals surface area contributed by atoms with E-state index in [1.165, 1.54) is 0 Å². The Morgan fingerprint density at radius 2 is 1.53 bits per heavy atom. The second-order valence-electron chi connectivity index (χ2n) is 4.53. The zero-order valence-corrected chi connectivity index (χ0v) is 8.27. The maximum atomic E-state index is 13.4. The number of rotatable bonds is 2. The van der Waals surface area contributed by atoms with Crippen molar-refractivity contribution in [3.63, 3.8) is 0 Å². The van der Waals surface area contributed by atoms with Gasteiger partial charge in [-0.15, -0.1) is 13.2 Å².